The lowest BCUT2D eigenvalue weighted by atomic mass is 9.93. The monoisotopic (exact) mass is 608 g/mol. The number of fused-ring (bicyclic) bond motifs is 1. The summed E-state index contributed by atoms with van der Waals surface area (Å²) in [4.78, 5) is 42.8. The summed E-state index contributed by atoms with van der Waals surface area (Å²) >= 11 is 0. The number of urea groups is 1. The first kappa shape index (κ1) is 30.6. The maximum atomic E-state index is 13.3. The van der Waals surface area contributed by atoms with Crippen LogP contribution in [0.2, 0.25) is 0 Å². The van der Waals surface area contributed by atoms with Gasteiger partial charge in [-0.2, -0.15) is 18.4 Å². The van der Waals surface area contributed by atoms with Crippen LogP contribution in [0.1, 0.15) is 42.9 Å². The predicted molar refractivity (Wildman–Crippen MR) is 156 cm³/mol. The van der Waals surface area contributed by atoms with Crippen LogP contribution >= 0.6 is 0 Å². The van der Waals surface area contributed by atoms with Crippen molar-refractivity contribution < 1.29 is 32.7 Å². The molecule has 0 spiro atoms. The number of nitrogens with zero attached hydrogens (tertiary/aromatic N) is 3. The zero-order valence-corrected chi connectivity index (χ0v) is 23.7. The van der Waals surface area contributed by atoms with Gasteiger partial charge in [-0.3, -0.25) is 9.59 Å². The van der Waals surface area contributed by atoms with Gasteiger partial charge in [0, 0.05) is 49.4 Å². The summed E-state index contributed by atoms with van der Waals surface area (Å²) in [6.07, 6.45) is -3.47. The summed E-state index contributed by atoms with van der Waals surface area (Å²) in [5, 5.41) is 26.8. The Morgan fingerprint density at radius 3 is 2.30 bits per heavy atom. The number of alkyl halides is 3. The molecule has 1 unspecified atom stereocenters. The first-order valence-electron chi connectivity index (χ1n) is 14.2. The number of piperidine rings is 2. The van der Waals surface area contributed by atoms with Crippen molar-refractivity contribution >= 4 is 40.0 Å². The maximum absolute atomic E-state index is 13.3. The highest BCUT2D eigenvalue weighted by atomic mass is 19.4. The summed E-state index contributed by atoms with van der Waals surface area (Å²) in [7, 11) is 0. The van der Waals surface area contributed by atoms with E-state index >= 15 is 0 Å². The fraction of sp³-hybridized carbons (Fsp3) is 0.355. The Labute approximate surface area is 251 Å². The van der Waals surface area contributed by atoms with E-state index in [0.717, 1.165) is 16.0 Å². The molecular weight excluding hydrogens is 577 g/mol. The third-order valence-electron chi connectivity index (χ3n) is 8.09. The van der Waals surface area contributed by atoms with Crippen molar-refractivity contribution in [3.8, 4) is 6.07 Å². The fourth-order valence-electron chi connectivity index (χ4n) is 5.76. The number of nitrogens with one attached hydrogen (secondary N) is 3. The molecule has 10 nitrogen and oxygen atoms in total. The van der Waals surface area contributed by atoms with E-state index in [2.05, 4.69) is 21.7 Å². The molecule has 4 N–H and O–H groups in total. The molecule has 2 saturated heterocycles. The molecular formula is C31H31F3N6O4. The molecule has 0 saturated carbocycles. The van der Waals surface area contributed by atoms with Gasteiger partial charge in [-0.1, -0.05) is 42.5 Å². The fourth-order valence-corrected chi connectivity index (χ4v) is 5.76. The van der Waals surface area contributed by atoms with E-state index in [-0.39, 0.29) is 25.9 Å². The van der Waals surface area contributed by atoms with Crippen LogP contribution in [0.4, 0.5) is 23.7 Å². The van der Waals surface area contributed by atoms with E-state index < -0.39 is 36.2 Å². The molecule has 1 aromatic heterocycles. The molecule has 0 radical (unpaired) electrons. The van der Waals surface area contributed by atoms with Gasteiger partial charge in [0.05, 0.1) is 22.8 Å². The van der Waals surface area contributed by atoms with Gasteiger partial charge < -0.3 is 30.5 Å². The zero-order valence-electron chi connectivity index (χ0n) is 23.7. The Morgan fingerprint density at radius 1 is 0.977 bits per heavy atom. The third kappa shape index (κ3) is 6.55. The number of allylic oxidation sites excluding steroid dienone is 1. The molecule has 3 heterocycles. The molecule has 230 valence electrons. The first-order valence-corrected chi connectivity index (χ1v) is 14.2. The van der Waals surface area contributed by atoms with E-state index in [9.17, 15) is 37.9 Å². The van der Waals surface area contributed by atoms with E-state index in [1.807, 2.05) is 30.3 Å². The second-order valence-electron chi connectivity index (χ2n) is 10.8. The van der Waals surface area contributed by atoms with Crippen LogP contribution in [0.5, 0.6) is 0 Å². The van der Waals surface area contributed by atoms with E-state index in [1.54, 1.807) is 23.1 Å². The average Bonchev–Trinajstić information content (AvgIpc) is 3.46. The van der Waals surface area contributed by atoms with Gasteiger partial charge in [-0.25, -0.2) is 4.79 Å². The Balaban J connectivity index is 1.20. The van der Waals surface area contributed by atoms with E-state index in [0.29, 0.717) is 53.7 Å². The highest BCUT2D eigenvalue weighted by Gasteiger charge is 2.43. The maximum Gasteiger partial charge on any atom is 0.471 e. The number of rotatable bonds is 5. The number of carbonyl (C=O) groups is 3. The molecule has 2 aliphatic heterocycles. The normalized spacial score (nSPS) is 16.8. The smallest absolute Gasteiger partial charge is 0.378 e. The predicted octanol–water partition coefficient (Wildman–Crippen LogP) is 4.48. The Bertz CT molecular complexity index is 1610. The van der Waals surface area contributed by atoms with Crippen molar-refractivity contribution in [2.24, 2.45) is 0 Å². The van der Waals surface area contributed by atoms with Crippen molar-refractivity contribution in [2.75, 3.05) is 31.5 Å². The number of benzene rings is 2. The molecule has 1 atom stereocenters. The van der Waals surface area contributed by atoms with Gasteiger partial charge >= 0.3 is 18.1 Å². The molecule has 0 aliphatic carbocycles. The highest BCUT2D eigenvalue weighted by molar-refractivity contribution is 6.02. The van der Waals surface area contributed by atoms with Crippen molar-refractivity contribution in [3.63, 3.8) is 0 Å². The SMILES string of the molecule is N#CC(=C1CCN(C(=O)C(O)c2c[nH]c3c(NC(=O)NC4CCN(C(=O)C(F)(F)F)CC4)cccc23)CC1)c1ccccc1. The number of amides is 4. The Kier molecular flexibility index (Phi) is 8.91. The number of hydrogen-bond donors (Lipinski definition) is 4. The molecule has 2 aromatic carbocycles. The molecule has 44 heavy (non-hydrogen) atoms. The van der Waals surface area contributed by atoms with Gasteiger partial charge in [0.25, 0.3) is 5.91 Å². The third-order valence-corrected chi connectivity index (χ3v) is 8.09. The zero-order chi connectivity index (χ0) is 31.4. The first-order chi connectivity index (χ1) is 21.1. The van der Waals surface area contributed by atoms with E-state index in [4.69, 9.17) is 0 Å². The van der Waals surface area contributed by atoms with Crippen LogP contribution in [0, 0.1) is 11.3 Å². The van der Waals surface area contributed by atoms with Gasteiger partial charge in [-0.15, -0.1) is 0 Å². The van der Waals surface area contributed by atoms with Gasteiger partial charge in [0.15, 0.2) is 6.10 Å². The number of hydrogen-bond acceptors (Lipinski definition) is 5. The lowest BCUT2D eigenvalue weighted by Gasteiger charge is -2.32. The van der Waals surface area contributed by atoms with Crippen molar-refractivity contribution in [2.45, 2.75) is 44.0 Å². The standard InChI is InChI=1S/C31H31F3N6O4/c32-31(33,34)29(43)40-15-11-21(12-16-40)37-30(44)38-25-8-4-7-22-24(18-36-26(22)25)27(41)28(42)39-13-9-20(10-14-39)23(17-35)19-5-2-1-3-6-19/h1-8,18,21,27,36,41H,9-16H2,(H2,37,38,44). The van der Waals surface area contributed by atoms with Crippen LogP contribution < -0.4 is 10.6 Å². The van der Waals surface area contributed by atoms with Crippen LogP contribution in [0.15, 0.2) is 60.3 Å². The molecule has 2 fully saturated rings. The minimum absolute atomic E-state index is 0.119. The number of halogens is 3. The average molecular weight is 609 g/mol. The molecule has 2 aliphatic rings. The molecule has 3 aromatic rings. The largest absolute Gasteiger partial charge is 0.471 e. The summed E-state index contributed by atoms with van der Waals surface area (Å²) in [6, 6.07) is 15.7. The van der Waals surface area contributed by atoms with Gasteiger partial charge in [0.2, 0.25) is 0 Å². The van der Waals surface area contributed by atoms with Crippen LogP contribution in [-0.4, -0.2) is 76.1 Å². The lowest BCUT2D eigenvalue weighted by Crippen LogP contribution is -2.50. The van der Waals surface area contributed by atoms with Crippen LogP contribution in [0.3, 0.4) is 0 Å². The minimum atomic E-state index is -4.93. The summed E-state index contributed by atoms with van der Waals surface area (Å²) < 4.78 is 38.1. The number of aromatic amines is 1. The molecule has 13 heteroatoms. The Morgan fingerprint density at radius 2 is 1.66 bits per heavy atom. The molecule has 5 rings (SSSR count). The Hall–Kier alpha value is -4.83. The number of H-pyrrole nitrogens is 1. The number of aromatic nitrogens is 1. The minimum Gasteiger partial charge on any atom is -0.378 e. The number of aliphatic hydroxyl groups excluding tert-OH is 1. The summed E-state index contributed by atoms with van der Waals surface area (Å²) in [5.74, 6) is -2.34. The number of likely N-dealkylation sites (tertiary alicyclic amines) is 2. The summed E-state index contributed by atoms with van der Waals surface area (Å²) in [6.45, 7) is 0.488. The second kappa shape index (κ2) is 12.8. The second-order valence-corrected chi connectivity index (χ2v) is 10.8. The van der Waals surface area contributed by atoms with Crippen molar-refractivity contribution in [1.29, 1.82) is 5.26 Å². The molecule has 0 bridgehead atoms. The number of aliphatic hydroxyl groups is 1. The van der Waals surface area contributed by atoms with Crippen molar-refractivity contribution in [1.82, 2.24) is 20.1 Å². The van der Waals surface area contributed by atoms with Gasteiger partial charge in [0.1, 0.15) is 0 Å². The topological polar surface area (TPSA) is 142 Å². The number of anilines is 1. The summed E-state index contributed by atoms with van der Waals surface area (Å²) in [5.41, 5.74) is 3.64. The highest BCUT2D eigenvalue weighted by Crippen LogP contribution is 2.32. The van der Waals surface area contributed by atoms with Crippen LogP contribution in [0.25, 0.3) is 16.5 Å². The number of carbonyl (C=O) groups excluding carboxylic acids is 3. The quantitative estimate of drug-likeness (QED) is 0.316. The number of para-hydroxylation sites is 1. The van der Waals surface area contributed by atoms with E-state index in [1.165, 1.54) is 6.20 Å². The lowest BCUT2D eigenvalue weighted by molar-refractivity contribution is -0.186. The molecule has 4 amide bonds. The van der Waals surface area contributed by atoms with Crippen molar-refractivity contribution in [3.05, 3.63) is 71.4 Å². The van der Waals surface area contributed by atoms with Crippen LogP contribution in [-0.2, 0) is 9.59 Å². The van der Waals surface area contributed by atoms with Gasteiger partial charge in [-0.05, 0) is 42.9 Å². The number of nitriles is 1.